The highest BCUT2D eigenvalue weighted by atomic mass is 35.5. The van der Waals surface area contributed by atoms with Crippen molar-refractivity contribution in [1.82, 2.24) is 15.1 Å². The average Bonchev–Trinajstić information content (AvgIpc) is 2.55. The van der Waals surface area contributed by atoms with Crippen LogP contribution in [-0.4, -0.2) is 61.1 Å². The molecule has 23 heavy (non-hydrogen) atoms. The minimum atomic E-state index is -0.278. The van der Waals surface area contributed by atoms with Gasteiger partial charge in [-0.25, -0.2) is 4.79 Å². The molecule has 1 aliphatic rings. The molecule has 0 aromatic heterocycles. The third-order valence-electron chi connectivity index (χ3n) is 3.67. The normalized spacial score (nSPS) is 15.3. The molecule has 0 aliphatic carbocycles. The first-order valence-corrected chi connectivity index (χ1v) is 8.11. The highest BCUT2D eigenvalue weighted by Crippen LogP contribution is 2.09. The Labute approximate surface area is 141 Å². The van der Waals surface area contributed by atoms with E-state index in [-0.39, 0.29) is 12.0 Å². The average molecular weight is 340 g/mol. The third-order valence-corrected chi connectivity index (χ3v) is 3.92. The van der Waals surface area contributed by atoms with Crippen LogP contribution >= 0.6 is 11.6 Å². The summed E-state index contributed by atoms with van der Waals surface area (Å²) in [5.74, 6) is -0.0236. The van der Waals surface area contributed by atoms with Crippen LogP contribution in [0.15, 0.2) is 24.3 Å². The van der Waals surface area contributed by atoms with Gasteiger partial charge in [0.15, 0.2) is 0 Å². The van der Waals surface area contributed by atoms with E-state index in [2.05, 4.69) is 5.32 Å². The van der Waals surface area contributed by atoms with E-state index in [0.29, 0.717) is 50.9 Å². The highest BCUT2D eigenvalue weighted by Gasteiger charge is 2.22. The number of nitrogens with zero attached hydrogens (tertiary/aromatic N) is 2. The number of carbonyl (C=O) groups is 2. The number of amides is 2. The Morgan fingerprint density at radius 2 is 1.83 bits per heavy atom. The van der Waals surface area contributed by atoms with E-state index in [9.17, 15) is 9.59 Å². The molecule has 1 aromatic carbocycles. The summed E-state index contributed by atoms with van der Waals surface area (Å²) in [5, 5.41) is 3.57. The highest BCUT2D eigenvalue weighted by molar-refractivity contribution is 6.30. The van der Waals surface area contributed by atoms with Crippen molar-refractivity contribution in [3.8, 4) is 0 Å². The van der Waals surface area contributed by atoms with Crippen LogP contribution in [0, 0.1) is 0 Å². The molecule has 1 fully saturated rings. The van der Waals surface area contributed by atoms with Gasteiger partial charge < -0.3 is 15.0 Å². The summed E-state index contributed by atoms with van der Waals surface area (Å²) in [4.78, 5) is 27.3. The minimum absolute atomic E-state index is 0.0236. The van der Waals surface area contributed by atoms with Gasteiger partial charge in [0.05, 0.1) is 13.2 Å². The molecule has 126 valence electrons. The number of ether oxygens (including phenoxy) is 1. The first kappa shape index (κ1) is 17.6. The first-order valence-electron chi connectivity index (χ1n) is 7.73. The number of halogens is 1. The Bertz CT molecular complexity index is 528. The predicted molar refractivity (Wildman–Crippen MR) is 88.3 cm³/mol. The number of piperazine rings is 1. The Morgan fingerprint density at radius 3 is 2.43 bits per heavy atom. The molecule has 2 rings (SSSR count). The summed E-state index contributed by atoms with van der Waals surface area (Å²) in [6.45, 7) is 5.52. The fourth-order valence-corrected chi connectivity index (χ4v) is 2.49. The topological polar surface area (TPSA) is 61.9 Å². The van der Waals surface area contributed by atoms with Crippen molar-refractivity contribution in [2.45, 2.75) is 13.5 Å². The van der Waals surface area contributed by atoms with Gasteiger partial charge in [0, 0.05) is 37.7 Å². The van der Waals surface area contributed by atoms with Crippen LogP contribution in [0.3, 0.4) is 0 Å². The van der Waals surface area contributed by atoms with Gasteiger partial charge in [-0.3, -0.25) is 9.69 Å². The number of carbonyl (C=O) groups excluding carboxylic acids is 2. The van der Waals surface area contributed by atoms with Gasteiger partial charge in [0.1, 0.15) is 0 Å². The molecule has 6 nitrogen and oxygen atoms in total. The van der Waals surface area contributed by atoms with Crippen LogP contribution in [-0.2, 0) is 16.1 Å². The molecule has 0 atom stereocenters. The molecule has 0 saturated carbocycles. The van der Waals surface area contributed by atoms with Crippen molar-refractivity contribution < 1.29 is 14.3 Å². The second-order valence-electron chi connectivity index (χ2n) is 5.37. The Kier molecular flexibility index (Phi) is 6.67. The largest absolute Gasteiger partial charge is 0.450 e. The van der Waals surface area contributed by atoms with Crippen molar-refractivity contribution in [3.05, 3.63) is 34.9 Å². The molecule has 7 heteroatoms. The quantitative estimate of drug-likeness (QED) is 0.887. The van der Waals surface area contributed by atoms with E-state index < -0.39 is 0 Å². The molecule has 0 bridgehead atoms. The van der Waals surface area contributed by atoms with Gasteiger partial charge in [-0.1, -0.05) is 23.7 Å². The van der Waals surface area contributed by atoms with Crippen molar-refractivity contribution in [3.63, 3.8) is 0 Å². The van der Waals surface area contributed by atoms with Gasteiger partial charge in [-0.15, -0.1) is 0 Å². The number of benzene rings is 1. The molecule has 2 amide bonds. The van der Waals surface area contributed by atoms with Crippen molar-refractivity contribution >= 4 is 23.6 Å². The summed E-state index contributed by atoms with van der Waals surface area (Å²) in [5.41, 5.74) is 1.01. The predicted octanol–water partition coefficient (Wildman–Crippen LogP) is 1.73. The van der Waals surface area contributed by atoms with Gasteiger partial charge in [-0.2, -0.15) is 0 Å². The maximum Gasteiger partial charge on any atom is 0.409 e. The van der Waals surface area contributed by atoms with Gasteiger partial charge >= 0.3 is 6.09 Å². The number of hydrogen-bond donors (Lipinski definition) is 1. The van der Waals surface area contributed by atoms with Crippen LogP contribution in [0.4, 0.5) is 4.79 Å². The SMILES string of the molecule is CCOC(=O)N1CCN(CC(=O)NCc2ccc(Cl)cc2)CC1. The van der Waals surface area contributed by atoms with E-state index in [1.807, 2.05) is 17.0 Å². The maximum atomic E-state index is 12.0. The fourth-order valence-electron chi connectivity index (χ4n) is 2.37. The minimum Gasteiger partial charge on any atom is -0.450 e. The number of hydrogen-bond acceptors (Lipinski definition) is 4. The lowest BCUT2D eigenvalue weighted by atomic mass is 10.2. The standard InChI is InChI=1S/C16H22ClN3O3/c1-2-23-16(22)20-9-7-19(8-10-20)12-15(21)18-11-13-3-5-14(17)6-4-13/h3-6H,2,7-12H2,1H3,(H,18,21). The summed E-state index contributed by atoms with van der Waals surface area (Å²) >= 11 is 5.83. The zero-order chi connectivity index (χ0) is 16.7. The molecule has 0 radical (unpaired) electrons. The molecule has 1 aliphatic heterocycles. The zero-order valence-corrected chi connectivity index (χ0v) is 14.0. The third kappa shape index (κ3) is 5.73. The monoisotopic (exact) mass is 339 g/mol. The molecule has 1 N–H and O–H groups in total. The van der Waals surface area contributed by atoms with E-state index in [1.165, 1.54) is 0 Å². The molecule has 1 heterocycles. The zero-order valence-electron chi connectivity index (χ0n) is 13.3. The van der Waals surface area contributed by atoms with Crippen molar-refractivity contribution in [2.75, 3.05) is 39.3 Å². The number of nitrogens with one attached hydrogen (secondary N) is 1. The molecular formula is C16H22ClN3O3. The summed E-state index contributed by atoms with van der Waals surface area (Å²) < 4.78 is 4.97. The smallest absolute Gasteiger partial charge is 0.409 e. The van der Waals surface area contributed by atoms with Crippen molar-refractivity contribution in [2.24, 2.45) is 0 Å². The molecule has 1 saturated heterocycles. The van der Waals surface area contributed by atoms with Gasteiger partial charge in [-0.05, 0) is 24.6 Å². The van der Waals surface area contributed by atoms with Crippen LogP contribution in [0.25, 0.3) is 0 Å². The van der Waals surface area contributed by atoms with Crippen LogP contribution in [0.2, 0.25) is 5.02 Å². The van der Waals surface area contributed by atoms with Crippen LogP contribution in [0.1, 0.15) is 12.5 Å². The lowest BCUT2D eigenvalue weighted by molar-refractivity contribution is -0.122. The van der Waals surface area contributed by atoms with Crippen LogP contribution in [0.5, 0.6) is 0 Å². The summed E-state index contributed by atoms with van der Waals surface area (Å²) in [6, 6.07) is 7.39. The molecule has 0 unspecified atom stereocenters. The second kappa shape index (κ2) is 8.74. The lowest BCUT2D eigenvalue weighted by Crippen LogP contribution is -2.51. The molecular weight excluding hydrogens is 318 g/mol. The summed E-state index contributed by atoms with van der Waals surface area (Å²) in [7, 11) is 0. The van der Waals surface area contributed by atoms with E-state index in [1.54, 1.807) is 24.0 Å². The number of rotatable bonds is 5. The maximum absolute atomic E-state index is 12.0. The van der Waals surface area contributed by atoms with E-state index in [4.69, 9.17) is 16.3 Å². The van der Waals surface area contributed by atoms with E-state index >= 15 is 0 Å². The van der Waals surface area contributed by atoms with E-state index in [0.717, 1.165) is 5.56 Å². The van der Waals surface area contributed by atoms with Crippen molar-refractivity contribution in [1.29, 1.82) is 0 Å². The van der Waals surface area contributed by atoms with Gasteiger partial charge in [0.2, 0.25) is 5.91 Å². The Hall–Kier alpha value is -1.79. The Balaban J connectivity index is 1.68. The molecule has 0 spiro atoms. The van der Waals surface area contributed by atoms with Gasteiger partial charge in [0.25, 0.3) is 0 Å². The summed E-state index contributed by atoms with van der Waals surface area (Å²) in [6.07, 6.45) is -0.278. The lowest BCUT2D eigenvalue weighted by Gasteiger charge is -2.33. The van der Waals surface area contributed by atoms with Crippen LogP contribution < -0.4 is 5.32 Å². The fraction of sp³-hybridized carbons (Fsp3) is 0.500. The molecule has 1 aromatic rings. The first-order chi connectivity index (χ1) is 11.1. The Morgan fingerprint density at radius 1 is 1.17 bits per heavy atom. The second-order valence-corrected chi connectivity index (χ2v) is 5.80.